The maximum absolute atomic E-state index is 12.7. The van der Waals surface area contributed by atoms with E-state index >= 15 is 0 Å². The molecule has 3 heterocycles. The molecule has 4 rings (SSSR count). The molecule has 0 spiro atoms. The molecule has 0 bridgehead atoms. The van der Waals surface area contributed by atoms with Crippen molar-refractivity contribution in [1.82, 2.24) is 19.9 Å². The number of hydrogen-bond donors (Lipinski definition) is 0. The van der Waals surface area contributed by atoms with Crippen LogP contribution >= 0.6 is 0 Å². The SMILES string of the molecule is O=C(c1ccco1)N(Cc1cn(-c2ccccc2)nn1)CC1OCCO1. The Labute approximate surface area is 149 Å². The van der Waals surface area contributed by atoms with Crippen molar-refractivity contribution in [3.8, 4) is 5.69 Å². The predicted octanol–water partition coefficient (Wildman–Crippen LogP) is 1.88. The fourth-order valence-corrected chi connectivity index (χ4v) is 2.74. The van der Waals surface area contributed by atoms with Gasteiger partial charge in [0.25, 0.3) is 5.91 Å². The summed E-state index contributed by atoms with van der Waals surface area (Å²) in [6, 6.07) is 13.0. The number of ether oxygens (including phenoxy) is 2. The number of carbonyl (C=O) groups excluding carboxylic acids is 1. The fourth-order valence-electron chi connectivity index (χ4n) is 2.74. The Bertz CT molecular complexity index is 841. The van der Waals surface area contributed by atoms with Crippen LogP contribution in [0.3, 0.4) is 0 Å². The zero-order chi connectivity index (χ0) is 17.8. The highest BCUT2D eigenvalue weighted by Gasteiger charge is 2.26. The van der Waals surface area contributed by atoms with E-state index in [1.54, 1.807) is 27.9 Å². The van der Waals surface area contributed by atoms with E-state index in [9.17, 15) is 4.79 Å². The first kappa shape index (κ1) is 16.5. The molecule has 134 valence electrons. The molecular formula is C18H18N4O4. The molecule has 1 aliphatic rings. The van der Waals surface area contributed by atoms with E-state index in [0.717, 1.165) is 5.69 Å². The maximum atomic E-state index is 12.7. The molecule has 0 unspecified atom stereocenters. The first-order chi connectivity index (χ1) is 12.8. The highest BCUT2D eigenvalue weighted by Crippen LogP contribution is 2.14. The Morgan fingerprint density at radius 2 is 1.96 bits per heavy atom. The van der Waals surface area contributed by atoms with Crippen molar-refractivity contribution in [3.63, 3.8) is 0 Å². The molecule has 0 aliphatic carbocycles. The van der Waals surface area contributed by atoms with Gasteiger partial charge in [0.1, 0.15) is 5.69 Å². The first-order valence-corrected chi connectivity index (χ1v) is 8.32. The van der Waals surface area contributed by atoms with E-state index in [2.05, 4.69) is 10.3 Å². The van der Waals surface area contributed by atoms with Crippen LogP contribution in [-0.2, 0) is 16.0 Å². The van der Waals surface area contributed by atoms with Gasteiger partial charge in [-0.3, -0.25) is 4.79 Å². The van der Waals surface area contributed by atoms with Crippen LogP contribution in [0, 0.1) is 0 Å². The number of para-hydroxylation sites is 1. The lowest BCUT2D eigenvalue weighted by Gasteiger charge is -2.23. The van der Waals surface area contributed by atoms with Crippen LogP contribution in [0.15, 0.2) is 59.3 Å². The lowest BCUT2D eigenvalue weighted by molar-refractivity contribution is -0.0589. The van der Waals surface area contributed by atoms with Gasteiger partial charge in [0, 0.05) is 0 Å². The van der Waals surface area contributed by atoms with Gasteiger partial charge < -0.3 is 18.8 Å². The fraction of sp³-hybridized carbons (Fsp3) is 0.278. The molecule has 0 N–H and O–H groups in total. The van der Waals surface area contributed by atoms with Crippen molar-refractivity contribution in [3.05, 3.63) is 66.4 Å². The molecule has 0 atom stereocenters. The summed E-state index contributed by atoms with van der Waals surface area (Å²) in [6.07, 6.45) is 2.83. The monoisotopic (exact) mass is 354 g/mol. The van der Waals surface area contributed by atoms with Crippen LogP contribution in [0.5, 0.6) is 0 Å². The summed E-state index contributed by atoms with van der Waals surface area (Å²) in [5.74, 6) is 0.0156. The third kappa shape index (κ3) is 3.66. The molecule has 26 heavy (non-hydrogen) atoms. The quantitative estimate of drug-likeness (QED) is 0.672. The normalized spacial score (nSPS) is 14.6. The van der Waals surface area contributed by atoms with Crippen molar-refractivity contribution in [1.29, 1.82) is 0 Å². The maximum Gasteiger partial charge on any atom is 0.290 e. The van der Waals surface area contributed by atoms with Gasteiger partial charge in [-0.1, -0.05) is 23.4 Å². The van der Waals surface area contributed by atoms with Crippen molar-refractivity contribution in [2.75, 3.05) is 19.8 Å². The minimum Gasteiger partial charge on any atom is -0.459 e. The molecule has 3 aromatic rings. The van der Waals surface area contributed by atoms with Gasteiger partial charge in [0.05, 0.1) is 44.5 Å². The van der Waals surface area contributed by atoms with Crippen LogP contribution in [0.1, 0.15) is 16.2 Å². The molecule has 0 saturated carbocycles. The number of amides is 1. The molecule has 1 fully saturated rings. The molecule has 1 amide bonds. The van der Waals surface area contributed by atoms with E-state index in [0.29, 0.717) is 18.9 Å². The van der Waals surface area contributed by atoms with Gasteiger partial charge in [-0.15, -0.1) is 5.10 Å². The Balaban J connectivity index is 1.52. The minimum absolute atomic E-state index is 0.247. The summed E-state index contributed by atoms with van der Waals surface area (Å²) in [7, 11) is 0. The summed E-state index contributed by atoms with van der Waals surface area (Å²) in [5, 5.41) is 8.31. The van der Waals surface area contributed by atoms with E-state index in [4.69, 9.17) is 13.9 Å². The third-order valence-electron chi connectivity index (χ3n) is 3.99. The lowest BCUT2D eigenvalue weighted by Crippen LogP contribution is -2.37. The molecule has 1 saturated heterocycles. The van der Waals surface area contributed by atoms with Crippen LogP contribution in [-0.4, -0.2) is 51.8 Å². The topological polar surface area (TPSA) is 82.6 Å². The second-order valence-corrected chi connectivity index (χ2v) is 5.82. The average Bonchev–Trinajstić information content (AvgIpc) is 3.44. The number of aromatic nitrogens is 3. The van der Waals surface area contributed by atoms with Crippen LogP contribution < -0.4 is 0 Å². The molecule has 1 aliphatic heterocycles. The zero-order valence-corrected chi connectivity index (χ0v) is 14.0. The van der Waals surface area contributed by atoms with Gasteiger partial charge in [-0.25, -0.2) is 4.68 Å². The average molecular weight is 354 g/mol. The summed E-state index contributed by atoms with van der Waals surface area (Å²) in [4.78, 5) is 14.3. The van der Waals surface area contributed by atoms with Gasteiger partial charge in [0.15, 0.2) is 12.1 Å². The number of benzene rings is 1. The summed E-state index contributed by atoms with van der Waals surface area (Å²) >= 11 is 0. The zero-order valence-electron chi connectivity index (χ0n) is 14.0. The summed E-state index contributed by atoms with van der Waals surface area (Å²) < 4.78 is 17.9. The standard InChI is InChI=1S/C18H18N4O4/c23-18(16-7-4-8-24-16)21(13-17-25-9-10-26-17)11-14-12-22(20-19-14)15-5-2-1-3-6-15/h1-8,12,17H,9-11,13H2. The van der Waals surface area contributed by atoms with Crippen molar-refractivity contribution < 1.29 is 18.7 Å². The van der Waals surface area contributed by atoms with Crippen LogP contribution in [0.4, 0.5) is 0 Å². The number of nitrogens with zero attached hydrogens (tertiary/aromatic N) is 4. The largest absolute Gasteiger partial charge is 0.459 e. The molecule has 2 aromatic heterocycles. The number of carbonyl (C=O) groups is 1. The lowest BCUT2D eigenvalue weighted by atomic mass is 10.3. The van der Waals surface area contributed by atoms with Crippen LogP contribution in [0.2, 0.25) is 0 Å². The Kier molecular flexibility index (Phi) is 4.76. The number of furan rings is 1. The Morgan fingerprint density at radius 1 is 1.15 bits per heavy atom. The highest BCUT2D eigenvalue weighted by molar-refractivity contribution is 5.91. The van der Waals surface area contributed by atoms with E-state index < -0.39 is 6.29 Å². The number of hydrogen-bond acceptors (Lipinski definition) is 6. The van der Waals surface area contributed by atoms with Gasteiger partial charge >= 0.3 is 0 Å². The third-order valence-corrected chi connectivity index (χ3v) is 3.99. The van der Waals surface area contributed by atoms with E-state index in [-0.39, 0.29) is 24.8 Å². The Morgan fingerprint density at radius 3 is 2.69 bits per heavy atom. The minimum atomic E-state index is -0.446. The first-order valence-electron chi connectivity index (χ1n) is 8.32. The molecule has 8 heteroatoms. The van der Waals surface area contributed by atoms with Crippen molar-refractivity contribution >= 4 is 5.91 Å². The van der Waals surface area contributed by atoms with Crippen molar-refractivity contribution in [2.45, 2.75) is 12.8 Å². The summed E-state index contributed by atoms with van der Waals surface area (Å²) in [5.41, 5.74) is 1.56. The van der Waals surface area contributed by atoms with E-state index in [1.807, 2.05) is 30.3 Å². The number of rotatable bonds is 6. The van der Waals surface area contributed by atoms with E-state index in [1.165, 1.54) is 6.26 Å². The molecular weight excluding hydrogens is 336 g/mol. The smallest absolute Gasteiger partial charge is 0.290 e. The van der Waals surface area contributed by atoms with Gasteiger partial charge in [-0.2, -0.15) is 0 Å². The second-order valence-electron chi connectivity index (χ2n) is 5.82. The van der Waals surface area contributed by atoms with Crippen molar-refractivity contribution in [2.24, 2.45) is 0 Å². The highest BCUT2D eigenvalue weighted by atomic mass is 16.7. The molecule has 0 radical (unpaired) electrons. The van der Waals surface area contributed by atoms with Gasteiger partial charge in [-0.05, 0) is 24.3 Å². The summed E-state index contributed by atoms with van der Waals surface area (Å²) in [6.45, 7) is 1.61. The van der Waals surface area contributed by atoms with Crippen LogP contribution in [0.25, 0.3) is 5.69 Å². The second kappa shape index (κ2) is 7.51. The van der Waals surface area contributed by atoms with Gasteiger partial charge in [0.2, 0.25) is 0 Å². The molecule has 8 nitrogen and oxygen atoms in total. The Hall–Kier alpha value is -2.97. The predicted molar refractivity (Wildman–Crippen MR) is 90.5 cm³/mol. The molecule has 1 aromatic carbocycles.